The Balaban J connectivity index is 1.22. The Kier molecular flexibility index (Phi) is 8.72. The van der Waals surface area contributed by atoms with Gasteiger partial charge in [0.25, 0.3) is 0 Å². The van der Waals surface area contributed by atoms with Crippen LogP contribution in [-0.2, 0) is 5.41 Å². The van der Waals surface area contributed by atoms with Crippen molar-refractivity contribution in [3.8, 4) is 67.5 Å². The molecule has 2 aliphatic rings. The SMILES string of the molecule is C=CC1Sc2ccccc2C2(c3cccc(-c4nc(-c5ccccc5)nc(-c5ccc(-c6ccccc6)cc5)n4)c3-c3c(-c4cccc5cccnc45)cccc32)C1C=C. The number of allylic oxidation sites excluding steroid dienone is 1. The van der Waals surface area contributed by atoms with E-state index >= 15 is 0 Å². The van der Waals surface area contributed by atoms with E-state index in [9.17, 15) is 0 Å². The van der Waals surface area contributed by atoms with Crippen LogP contribution >= 0.6 is 11.8 Å². The van der Waals surface area contributed by atoms with Gasteiger partial charge in [-0.3, -0.25) is 4.98 Å². The number of para-hydroxylation sites is 1. The van der Waals surface area contributed by atoms with Crippen molar-refractivity contribution in [3.63, 3.8) is 0 Å². The summed E-state index contributed by atoms with van der Waals surface area (Å²) in [4.78, 5) is 22.1. The van der Waals surface area contributed by atoms with Crippen molar-refractivity contribution in [2.75, 3.05) is 0 Å². The van der Waals surface area contributed by atoms with Crippen LogP contribution in [0.2, 0.25) is 0 Å². The van der Waals surface area contributed by atoms with Gasteiger partial charge in [-0.1, -0.05) is 176 Å². The molecule has 3 heterocycles. The van der Waals surface area contributed by atoms with E-state index in [2.05, 4.69) is 171 Å². The monoisotopic (exact) mass is 786 g/mol. The smallest absolute Gasteiger partial charge is 0.164 e. The summed E-state index contributed by atoms with van der Waals surface area (Å²) >= 11 is 1.87. The van der Waals surface area contributed by atoms with Crippen LogP contribution in [0.1, 0.15) is 16.7 Å². The van der Waals surface area contributed by atoms with Crippen LogP contribution in [0, 0.1) is 5.92 Å². The summed E-state index contributed by atoms with van der Waals surface area (Å²) in [5.41, 5.74) is 13.6. The molecule has 9 aromatic rings. The maximum atomic E-state index is 5.38. The standard InChI is InChI=1S/C55H38N4S/c1-3-43-47(4-2)60-48-29-12-11-26-44(48)55(43)45-27-14-23-40(41-24-13-21-37-22-16-34-56-51(37)41)49(45)50-42(25-15-28-46(50)55)54-58-52(38-19-9-6-10-20-38)57-53(59-54)39-32-30-36(31-33-39)35-17-7-5-8-18-35/h3-34,43,47H,1-2H2. The zero-order valence-electron chi connectivity index (χ0n) is 32.7. The highest BCUT2D eigenvalue weighted by Gasteiger charge is 2.55. The Labute approximate surface area is 354 Å². The van der Waals surface area contributed by atoms with Crippen LogP contribution in [0.4, 0.5) is 0 Å². The topological polar surface area (TPSA) is 51.6 Å². The average molecular weight is 787 g/mol. The highest BCUT2D eigenvalue weighted by atomic mass is 32.2. The van der Waals surface area contributed by atoms with Gasteiger partial charge in [0, 0.05) is 49.9 Å². The first kappa shape index (κ1) is 35.9. The molecule has 3 atom stereocenters. The molecule has 0 bridgehead atoms. The molecule has 284 valence electrons. The summed E-state index contributed by atoms with van der Waals surface area (Å²) in [6.07, 6.45) is 6.14. The van der Waals surface area contributed by atoms with Gasteiger partial charge in [0.15, 0.2) is 17.5 Å². The van der Waals surface area contributed by atoms with Gasteiger partial charge in [0.2, 0.25) is 0 Å². The molecule has 0 saturated heterocycles. The molecule has 5 heteroatoms. The summed E-state index contributed by atoms with van der Waals surface area (Å²) in [5.74, 6) is 1.84. The minimum Gasteiger partial charge on any atom is -0.256 e. The van der Waals surface area contributed by atoms with E-state index in [1.54, 1.807) is 0 Å². The third kappa shape index (κ3) is 5.54. The lowest BCUT2D eigenvalue weighted by Gasteiger charge is -2.46. The Morgan fingerprint density at radius 2 is 0.983 bits per heavy atom. The molecule has 0 saturated carbocycles. The summed E-state index contributed by atoms with van der Waals surface area (Å²) in [5, 5.41) is 1.17. The van der Waals surface area contributed by atoms with E-state index in [1.807, 2.05) is 48.3 Å². The third-order valence-electron chi connectivity index (χ3n) is 12.2. The van der Waals surface area contributed by atoms with Crippen LogP contribution in [0.5, 0.6) is 0 Å². The summed E-state index contributed by atoms with van der Waals surface area (Å²) < 4.78 is 0. The second-order valence-electron chi connectivity index (χ2n) is 15.3. The Hall–Kier alpha value is -7.21. The van der Waals surface area contributed by atoms with E-state index in [-0.39, 0.29) is 11.2 Å². The number of hydrogen-bond donors (Lipinski definition) is 0. The zero-order chi connectivity index (χ0) is 40.2. The van der Waals surface area contributed by atoms with Crippen molar-refractivity contribution in [3.05, 3.63) is 224 Å². The molecule has 4 nitrogen and oxygen atoms in total. The van der Waals surface area contributed by atoms with Crippen molar-refractivity contribution in [1.29, 1.82) is 0 Å². The van der Waals surface area contributed by atoms with Gasteiger partial charge in [0.05, 0.1) is 10.9 Å². The summed E-state index contributed by atoms with van der Waals surface area (Å²) in [7, 11) is 0. The normalized spacial score (nSPS) is 17.5. The number of thioether (sulfide) groups is 1. The minimum absolute atomic E-state index is 0.0111. The number of rotatable bonds is 7. The second kappa shape index (κ2) is 14.6. The predicted octanol–water partition coefficient (Wildman–Crippen LogP) is 13.5. The lowest BCUT2D eigenvalue weighted by atomic mass is 9.62. The van der Waals surface area contributed by atoms with Gasteiger partial charge in [-0.05, 0) is 56.6 Å². The van der Waals surface area contributed by atoms with Gasteiger partial charge in [-0.2, -0.15) is 0 Å². The lowest BCUT2D eigenvalue weighted by molar-refractivity contribution is 0.453. The molecule has 1 spiro atoms. The lowest BCUT2D eigenvalue weighted by Crippen LogP contribution is -2.43. The van der Waals surface area contributed by atoms with Crippen molar-refractivity contribution in [2.45, 2.75) is 15.6 Å². The molecule has 60 heavy (non-hydrogen) atoms. The number of pyridine rings is 1. The van der Waals surface area contributed by atoms with Crippen LogP contribution in [0.15, 0.2) is 212 Å². The van der Waals surface area contributed by atoms with Crippen molar-refractivity contribution >= 4 is 22.7 Å². The maximum absolute atomic E-state index is 5.38. The van der Waals surface area contributed by atoms with Gasteiger partial charge in [-0.15, -0.1) is 24.9 Å². The molecule has 0 amide bonds. The van der Waals surface area contributed by atoms with Crippen LogP contribution in [0.3, 0.4) is 0 Å². The summed E-state index contributed by atoms with van der Waals surface area (Å²) in [6.45, 7) is 8.92. The van der Waals surface area contributed by atoms with Crippen molar-refractivity contribution < 1.29 is 0 Å². The van der Waals surface area contributed by atoms with Crippen molar-refractivity contribution in [1.82, 2.24) is 19.9 Å². The van der Waals surface area contributed by atoms with E-state index in [0.717, 1.165) is 61.0 Å². The quantitative estimate of drug-likeness (QED) is 0.151. The molecule has 1 aliphatic carbocycles. The number of fused-ring (bicyclic) bond motifs is 8. The number of benzene rings is 7. The first-order valence-corrected chi connectivity index (χ1v) is 21.2. The van der Waals surface area contributed by atoms with Gasteiger partial charge >= 0.3 is 0 Å². The molecular formula is C55H38N4S. The number of nitrogens with zero attached hydrogens (tertiary/aromatic N) is 4. The first-order chi connectivity index (χ1) is 29.7. The predicted molar refractivity (Wildman–Crippen MR) is 248 cm³/mol. The fraction of sp³-hybridized carbons (Fsp3) is 0.0545. The minimum atomic E-state index is -0.581. The largest absolute Gasteiger partial charge is 0.256 e. The molecule has 1 aliphatic heterocycles. The van der Waals surface area contributed by atoms with Crippen molar-refractivity contribution in [2.24, 2.45) is 5.92 Å². The van der Waals surface area contributed by atoms with Gasteiger partial charge in [0.1, 0.15) is 0 Å². The van der Waals surface area contributed by atoms with Crippen LogP contribution in [-0.4, -0.2) is 25.2 Å². The van der Waals surface area contributed by atoms with Crippen LogP contribution in [0.25, 0.3) is 78.4 Å². The number of aromatic nitrogens is 4. The average Bonchev–Trinajstić information content (AvgIpc) is 3.62. The third-order valence-corrected chi connectivity index (χ3v) is 13.6. The van der Waals surface area contributed by atoms with E-state index in [0.29, 0.717) is 17.5 Å². The highest BCUT2D eigenvalue weighted by molar-refractivity contribution is 8.00. The van der Waals surface area contributed by atoms with Gasteiger partial charge in [-0.25, -0.2) is 15.0 Å². The zero-order valence-corrected chi connectivity index (χ0v) is 33.6. The molecule has 2 aromatic heterocycles. The highest BCUT2D eigenvalue weighted by Crippen LogP contribution is 2.65. The Morgan fingerprint density at radius 3 is 1.70 bits per heavy atom. The maximum Gasteiger partial charge on any atom is 0.164 e. The molecule has 11 rings (SSSR count). The van der Waals surface area contributed by atoms with E-state index < -0.39 is 5.41 Å². The molecule has 7 aromatic carbocycles. The molecule has 0 fully saturated rings. The fourth-order valence-electron chi connectivity index (χ4n) is 9.66. The molecular weight excluding hydrogens is 749 g/mol. The molecule has 3 unspecified atom stereocenters. The van der Waals surface area contributed by atoms with Crippen LogP contribution < -0.4 is 0 Å². The Bertz CT molecular complexity index is 3120. The molecule has 0 N–H and O–H groups in total. The van der Waals surface area contributed by atoms with E-state index in [4.69, 9.17) is 19.9 Å². The second-order valence-corrected chi connectivity index (χ2v) is 16.6. The summed E-state index contributed by atoms with van der Waals surface area (Å²) in [6, 6.07) is 62.1. The number of hydrogen-bond acceptors (Lipinski definition) is 5. The fourth-order valence-corrected chi connectivity index (χ4v) is 11.0. The molecule has 0 radical (unpaired) electrons. The first-order valence-electron chi connectivity index (χ1n) is 20.3. The van der Waals surface area contributed by atoms with E-state index in [1.165, 1.54) is 21.6 Å². The Morgan fingerprint density at radius 1 is 0.450 bits per heavy atom. The van der Waals surface area contributed by atoms with Gasteiger partial charge < -0.3 is 0 Å².